The van der Waals surface area contributed by atoms with Gasteiger partial charge in [-0.3, -0.25) is 10.3 Å². The van der Waals surface area contributed by atoms with E-state index in [0.717, 1.165) is 24.1 Å². The van der Waals surface area contributed by atoms with Gasteiger partial charge in [0.05, 0.1) is 0 Å². The molecule has 11 heteroatoms. The number of hydrogen-bond acceptors (Lipinski definition) is 7. The van der Waals surface area contributed by atoms with Gasteiger partial charge in [-0.25, -0.2) is 24.8 Å². The van der Waals surface area contributed by atoms with Gasteiger partial charge in [-0.1, -0.05) is 13.8 Å². The van der Waals surface area contributed by atoms with Crippen LogP contribution in [-0.2, 0) is 10.0 Å². The van der Waals surface area contributed by atoms with Crippen molar-refractivity contribution in [2.24, 2.45) is 10.9 Å². The first kappa shape index (κ1) is 18.8. The van der Waals surface area contributed by atoms with Crippen LogP contribution in [0.15, 0.2) is 22.5 Å². The van der Waals surface area contributed by atoms with Crippen molar-refractivity contribution in [3.63, 3.8) is 0 Å². The smallest absolute Gasteiger partial charge is 0.294 e. The Hall–Kier alpha value is -2.56. The molecule has 0 aliphatic rings. The maximum absolute atomic E-state index is 12.3. The van der Waals surface area contributed by atoms with Crippen LogP contribution in [0.25, 0.3) is 0 Å². The molecule has 0 amide bonds. The van der Waals surface area contributed by atoms with E-state index in [1.165, 1.54) is 0 Å². The molecular formula is C14H22N8O2S. The quantitative estimate of drug-likeness (QED) is 0.512. The minimum absolute atomic E-state index is 0.0297. The molecule has 10 nitrogen and oxygen atoms in total. The maximum atomic E-state index is 12.3. The average Bonchev–Trinajstić information content (AvgIpc) is 3.00. The number of aromatic amines is 1. The van der Waals surface area contributed by atoms with Crippen LogP contribution in [0.4, 0.5) is 5.95 Å². The van der Waals surface area contributed by atoms with Crippen LogP contribution < -0.4 is 10.0 Å². The van der Waals surface area contributed by atoms with Crippen molar-refractivity contribution >= 4 is 21.9 Å². The summed E-state index contributed by atoms with van der Waals surface area (Å²) in [6.45, 7) is 8.23. The molecule has 0 spiro atoms. The summed E-state index contributed by atoms with van der Waals surface area (Å²) < 4.78 is 27.0. The van der Waals surface area contributed by atoms with Crippen molar-refractivity contribution in [3.05, 3.63) is 23.8 Å². The highest BCUT2D eigenvalue weighted by molar-refractivity contribution is 7.89. The fraction of sp³-hybridized carbons (Fsp3) is 0.500. The van der Waals surface area contributed by atoms with E-state index in [4.69, 9.17) is 0 Å². The van der Waals surface area contributed by atoms with Crippen molar-refractivity contribution in [2.75, 3.05) is 11.9 Å². The van der Waals surface area contributed by atoms with Crippen molar-refractivity contribution in [3.8, 4) is 0 Å². The molecule has 25 heavy (non-hydrogen) atoms. The summed E-state index contributed by atoms with van der Waals surface area (Å²) in [7, 11) is -3.94. The number of H-pyrrole nitrogens is 1. The van der Waals surface area contributed by atoms with Crippen LogP contribution >= 0.6 is 0 Å². The second-order valence-electron chi connectivity index (χ2n) is 5.91. The van der Waals surface area contributed by atoms with E-state index in [-0.39, 0.29) is 17.1 Å². The Morgan fingerprint density at radius 1 is 1.28 bits per heavy atom. The molecule has 2 aromatic rings. The third-order valence-electron chi connectivity index (χ3n) is 3.07. The van der Waals surface area contributed by atoms with Crippen molar-refractivity contribution < 1.29 is 8.42 Å². The van der Waals surface area contributed by atoms with Gasteiger partial charge < -0.3 is 0 Å². The molecule has 0 saturated carbocycles. The Labute approximate surface area is 146 Å². The molecule has 0 radical (unpaired) electrons. The Bertz CT molecular complexity index is 810. The molecule has 0 atom stereocenters. The van der Waals surface area contributed by atoms with Crippen LogP contribution in [0, 0.1) is 19.8 Å². The van der Waals surface area contributed by atoms with Gasteiger partial charge in [-0.05, 0) is 32.3 Å². The third-order valence-corrected chi connectivity index (χ3v) is 4.24. The highest BCUT2D eigenvalue weighted by atomic mass is 32.2. The van der Waals surface area contributed by atoms with E-state index < -0.39 is 10.0 Å². The van der Waals surface area contributed by atoms with Gasteiger partial charge in [-0.15, -0.1) is 0 Å². The second-order valence-corrected chi connectivity index (χ2v) is 7.51. The van der Waals surface area contributed by atoms with E-state index in [1.54, 1.807) is 0 Å². The third kappa shape index (κ3) is 5.78. The van der Waals surface area contributed by atoms with Crippen LogP contribution in [0.2, 0.25) is 0 Å². The number of aliphatic imine (C=N–C) groups is 1. The molecule has 136 valence electrons. The number of anilines is 1. The molecule has 2 heterocycles. The highest BCUT2D eigenvalue weighted by Crippen LogP contribution is 2.06. The molecule has 0 fully saturated rings. The Kier molecular flexibility index (Phi) is 6.02. The number of sulfonamides is 1. The summed E-state index contributed by atoms with van der Waals surface area (Å²) in [5, 5.41) is 8.39. The predicted molar refractivity (Wildman–Crippen MR) is 93.6 cm³/mol. The van der Waals surface area contributed by atoms with E-state index in [9.17, 15) is 8.42 Å². The van der Waals surface area contributed by atoms with Gasteiger partial charge in [0.25, 0.3) is 15.2 Å². The zero-order chi connectivity index (χ0) is 18.4. The average molecular weight is 366 g/mol. The maximum Gasteiger partial charge on any atom is 0.299 e. The lowest BCUT2D eigenvalue weighted by atomic mass is 10.1. The lowest BCUT2D eigenvalue weighted by Gasteiger charge is -2.12. The minimum atomic E-state index is -3.94. The second kappa shape index (κ2) is 8.01. The SMILES string of the molecule is Cc1cc(C)nc(NC(=NCCC(C)C)NS(=O)(=O)c2ncn[nH]2)n1. The molecule has 0 unspecified atom stereocenters. The molecule has 0 aromatic carbocycles. The minimum Gasteiger partial charge on any atom is -0.294 e. The van der Waals surface area contributed by atoms with E-state index >= 15 is 0 Å². The van der Waals surface area contributed by atoms with Crippen LogP contribution in [0.1, 0.15) is 31.7 Å². The standard InChI is InChI=1S/C14H22N8O2S/c1-9(2)5-6-15-12(20-13-18-10(3)7-11(4)19-13)22-25(23,24)14-16-8-17-21-14/h7-9H,5-6H2,1-4H3,(H,16,17,21)(H2,15,18,19,20,22). The Morgan fingerprint density at radius 2 is 1.96 bits per heavy atom. The fourth-order valence-electron chi connectivity index (χ4n) is 1.92. The molecule has 0 saturated heterocycles. The number of aromatic nitrogens is 5. The Morgan fingerprint density at radius 3 is 2.52 bits per heavy atom. The van der Waals surface area contributed by atoms with Crippen LogP contribution in [0.3, 0.4) is 0 Å². The largest absolute Gasteiger partial charge is 0.299 e. The van der Waals surface area contributed by atoms with Gasteiger partial charge in [0.2, 0.25) is 11.9 Å². The molecule has 0 bridgehead atoms. The van der Waals surface area contributed by atoms with Crippen molar-refractivity contribution in [2.45, 2.75) is 39.3 Å². The first-order chi connectivity index (χ1) is 11.8. The monoisotopic (exact) mass is 366 g/mol. The zero-order valence-corrected chi connectivity index (χ0v) is 15.4. The summed E-state index contributed by atoms with van der Waals surface area (Å²) in [6.07, 6.45) is 1.92. The number of rotatable bonds is 6. The van der Waals surface area contributed by atoms with Gasteiger partial charge >= 0.3 is 0 Å². The highest BCUT2D eigenvalue weighted by Gasteiger charge is 2.20. The van der Waals surface area contributed by atoms with Crippen LogP contribution in [0.5, 0.6) is 0 Å². The van der Waals surface area contributed by atoms with Gasteiger partial charge in [-0.2, -0.15) is 13.5 Å². The number of guanidine groups is 1. The normalized spacial score (nSPS) is 12.4. The number of nitrogens with one attached hydrogen (secondary N) is 3. The van der Waals surface area contributed by atoms with E-state index in [1.807, 2.05) is 19.9 Å². The lowest BCUT2D eigenvalue weighted by Crippen LogP contribution is -2.37. The fourth-order valence-corrected chi connectivity index (χ4v) is 2.74. The molecule has 2 aromatic heterocycles. The molecule has 3 N–H and O–H groups in total. The Balaban J connectivity index is 2.23. The molecule has 2 rings (SSSR count). The van der Waals surface area contributed by atoms with Gasteiger partial charge in [0, 0.05) is 17.9 Å². The van der Waals surface area contributed by atoms with Gasteiger partial charge in [0.15, 0.2) is 0 Å². The van der Waals surface area contributed by atoms with Crippen LogP contribution in [-0.4, -0.2) is 46.1 Å². The van der Waals surface area contributed by atoms with Crippen molar-refractivity contribution in [1.29, 1.82) is 0 Å². The van der Waals surface area contributed by atoms with E-state index in [0.29, 0.717) is 12.5 Å². The molecule has 0 aliphatic heterocycles. The predicted octanol–water partition coefficient (Wildman–Crippen LogP) is 1.00. The van der Waals surface area contributed by atoms with Gasteiger partial charge in [0.1, 0.15) is 6.33 Å². The zero-order valence-electron chi connectivity index (χ0n) is 14.6. The number of hydrogen-bond donors (Lipinski definition) is 3. The lowest BCUT2D eigenvalue weighted by molar-refractivity contribution is 0.582. The summed E-state index contributed by atoms with van der Waals surface area (Å²) in [5.74, 6) is 0.733. The first-order valence-electron chi connectivity index (χ1n) is 7.78. The summed E-state index contributed by atoms with van der Waals surface area (Å²) in [4.78, 5) is 16.4. The van der Waals surface area contributed by atoms with E-state index in [2.05, 4.69) is 54.0 Å². The number of nitrogens with zero attached hydrogens (tertiary/aromatic N) is 5. The topological polar surface area (TPSA) is 138 Å². The molecule has 0 aliphatic carbocycles. The summed E-state index contributed by atoms with van der Waals surface area (Å²) in [5.41, 5.74) is 1.52. The molecular weight excluding hydrogens is 344 g/mol. The first-order valence-corrected chi connectivity index (χ1v) is 9.26. The van der Waals surface area contributed by atoms with Crippen molar-refractivity contribution in [1.82, 2.24) is 29.9 Å². The summed E-state index contributed by atoms with van der Waals surface area (Å²) >= 11 is 0. The number of aryl methyl sites for hydroxylation is 2. The summed E-state index contributed by atoms with van der Waals surface area (Å²) in [6, 6.07) is 1.82.